The number of benzene rings is 1. The van der Waals surface area contributed by atoms with Gasteiger partial charge in [-0.3, -0.25) is 19.8 Å². The number of rotatable bonds is 4. The molecule has 1 aromatic heterocycles. The van der Waals surface area contributed by atoms with Crippen LogP contribution >= 0.6 is 11.6 Å². The fourth-order valence-electron chi connectivity index (χ4n) is 2.43. The highest BCUT2D eigenvalue weighted by molar-refractivity contribution is 6.55. The molecule has 0 fully saturated rings. The molecule has 0 unspecified atom stereocenters. The van der Waals surface area contributed by atoms with Gasteiger partial charge in [0.05, 0.1) is 12.1 Å². The van der Waals surface area contributed by atoms with Crippen molar-refractivity contribution in [2.75, 3.05) is 5.32 Å². The van der Waals surface area contributed by atoms with Crippen LogP contribution in [0.25, 0.3) is 5.57 Å². The van der Waals surface area contributed by atoms with E-state index in [9.17, 15) is 14.4 Å². The monoisotopic (exact) mass is 357 g/mol. The molecule has 2 heterocycles. The number of hydrogen-bond donors (Lipinski definition) is 2. The summed E-state index contributed by atoms with van der Waals surface area (Å²) >= 11 is 6.08. The van der Waals surface area contributed by atoms with Gasteiger partial charge in [0.25, 0.3) is 11.8 Å². The standard InChI is InChI=1S/C17H12ClN3O4/c18-14-13(11-4-2-1-3-5-11)15(22)21(16(14)23)9-10-6-7-12(19-8-10)20-17(24)25/h1-8H,9H2,(H,19,20)(H,24,25). The Morgan fingerprint density at radius 2 is 1.84 bits per heavy atom. The Morgan fingerprint density at radius 1 is 1.12 bits per heavy atom. The zero-order valence-corrected chi connectivity index (χ0v) is 13.5. The molecule has 0 spiro atoms. The summed E-state index contributed by atoms with van der Waals surface area (Å²) in [5.41, 5.74) is 1.31. The topological polar surface area (TPSA) is 99.6 Å². The lowest BCUT2D eigenvalue weighted by atomic mass is 10.1. The number of anilines is 1. The zero-order valence-electron chi connectivity index (χ0n) is 12.8. The molecule has 0 saturated carbocycles. The molecular weight excluding hydrogens is 346 g/mol. The quantitative estimate of drug-likeness (QED) is 0.819. The minimum Gasteiger partial charge on any atom is -0.465 e. The largest absolute Gasteiger partial charge is 0.465 e. The molecule has 8 heteroatoms. The van der Waals surface area contributed by atoms with Crippen molar-refractivity contribution in [3.63, 3.8) is 0 Å². The van der Waals surface area contributed by atoms with E-state index in [-0.39, 0.29) is 23.0 Å². The first-order valence-corrected chi connectivity index (χ1v) is 7.61. The van der Waals surface area contributed by atoms with Crippen molar-refractivity contribution in [1.82, 2.24) is 9.88 Å². The summed E-state index contributed by atoms with van der Waals surface area (Å²) in [5, 5.41) is 10.6. The Kier molecular flexibility index (Phi) is 4.49. The predicted octanol–water partition coefficient (Wildman–Crippen LogP) is 2.69. The van der Waals surface area contributed by atoms with Gasteiger partial charge >= 0.3 is 6.09 Å². The average molecular weight is 358 g/mol. The first kappa shape index (κ1) is 16.7. The van der Waals surface area contributed by atoms with Crippen LogP contribution in [0, 0.1) is 0 Å². The lowest BCUT2D eigenvalue weighted by molar-refractivity contribution is -0.137. The van der Waals surface area contributed by atoms with Gasteiger partial charge in [-0.2, -0.15) is 0 Å². The molecule has 126 valence electrons. The Morgan fingerprint density at radius 3 is 2.44 bits per heavy atom. The molecule has 2 aromatic rings. The second-order valence-corrected chi connectivity index (χ2v) is 5.61. The highest BCUT2D eigenvalue weighted by Gasteiger charge is 2.38. The minimum absolute atomic E-state index is 0.00935. The van der Waals surface area contributed by atoms with Gasteiger partial charge in [0.1, 0.15) is 10.9 Å². The molecular formula is C17H12ClN3O4. The first-order valence-electron chi connectivity index (χ1n) is 7.23. The number of carboxylic acid groups (broad SMARTS) is 1. The van der Waals surface area contributed by atoms with E-state index < -0.39 is 17.9 Å². The summed E-state index contributed by atoms with van der Waals surface area (Å²) in [6.07, 6.45) is 0.161. The average Bonchev–Trinajstić information content (AvgIpc) is 2.80. The number of nitrogens with zero attached hydrogens (tertiary/aromatic N) is 2. The summed E-state index contributed by atoms with van der Waals surface area (Å²) < 4.78 is 0. The molecule has 25 heavy (non-hydrogen) atoms. The Bertz CT molecular complexity index is 879. The molecule has 0 radical (unpaired) electrons. The summed E-state index contributed by atoms with van der Waals surface area (Å²) in [6.45, 7) is -0.00935. The van der Waals surface area contributed by atoms with Crippen molar-refractivity contribution in [2.45, 2.75) is 6.54 Å². The molecule has 0 saturated heterocycles. The predicted molar refractivity (Wildman–Crippen MR) is 90.7 cm³/mol. The van der Waals surface area contributed by atoms with E-state index >= 15 is 0 Å². The van der Waals surface area contributed by atoms with Crippen molar-refractivity contribution in [2.24, 2.45) is 0 Å². The maximum absolute atomic E-state index is 12.6. The maximum Gasteiger partial charge on any atom is 0.410 e. The number of hydrogen-bond acceptors (Lipinski definition) is 4. The summed E-state index contributed by atoms with van der Waals surface area (Å²) in [5.74, 6) is -0.899. The number of imide groups is 1. The van der Waals surface area contributed by atoms with Crippen molar-refractivity contribution in [3.8, 4) is 0 Å². The molecule has 7 nitrogen and oxygen atoms in total. The Hall–Kier alpha value is -3.19. The normalized spacial score (nSPS) is 14.2. The fourth-order valence-corrected chi connectivity index (χ4v) is 2.72. The van der Waals surface area contributed by atoms with Crippen molar-refractivity contribution in [3.05, 3.63) is 64.8 Å². The number of pyridine rings is 1. The van der Waals surface area contributed by atoms with E-state index in [4.69, 9.17) is 16.7 Å². The van der Waals surface area contributed by atoms with Gasteiger partial charge in [-0.05, 0) is 17.2 Å². The highest BCUT2D eigenvalue weighted by Crippen LogP contribution is 2.32. The van der Waals surface area contributed by atoms with Crippen LogP contribution in [0.1, 0.15) is 11.1 Å². The lowest BCUT2D eigenvalue weighted by Crippen LogP contribution is -2.30. The number of nitrogens with one attached hydrogen (secondary N) is 1. The highest BCUT2D eigenvalue weighted by atomic mass is 35.5. The van der Waals surface area contributed by atoms with Crippen molar-refractivity contribution in [1.29, 1.82) is 0 Å². The first-order chi connectivity index (χ1) is 12.0. The summed E-state index contributed by atoms with van der Waals surface area (Å²) in [4.78, 5) is 40.4. The molecule has 0 atom stereocenters. The number of aromatic nitrogens is 1. The lowest BCUT2D eigenvalue weighted by Gasteiger charge is -2.15. The van der Waals surface area contributed by atoms with Crippen LogP contribution in [0.3, 0.4) is 0 Å². The molecule has 2 N–H and O–H groups in total. The van der Waals surface area contributed by atoms with Crippen LogP contribution in [-0.2, 0) is 16.1 Å². The fraction of sp³-hybridized carbons (Fsp3) is 0.0588. The SMILES string of the molecule is O=C(O)Nc1ccc(CN2C(=O)C(Cl)=C(c3ccccc3)C2=O)cn1. The molecule has 1 aromatic carbocycles. The van der Waals surface area contributed by atoms with Gasteiger partial charge in [0, 0.05) is 6.20 Å². The van der Waals surface area contributed by atoms with Crippen LogP contribution < -0.4 is 5.32 Å². The van der Waals surface area contributed by atoms with E-state index in [1.54, 1.807) is 36.4 Å². The van der Waals surface area contributed by atoms with Gasteiger partial charge in [0.15, 0.2) is 0 Å². The van der Waals surface area contributed by atoms with Crippen molar-refractivity contribution >= 4 is 40.9 Å². The van der Waals surface area contributed by atoms with Gasteiger partial charge in [-0.15, -0.1) is 0 Å². The van der Waals surface area contributed by atoms with E-state index in [0.29, 0.717) is 11.1 Å². The van der Waals surface area contributed by atoms with E-state index in [1.807, 2.05) is 0 Å². The second-order valence-electron chi connectivity index (χ2n) is 5.23. The third kappa shape index (κ3) is 3.36. The van der Waals surface area contributed by atoms with E-state index in [0.717, 1.165) is 4.90 Å². The summed E-state index contributed by atoms with van der Waals surface area (Å²) in [7, 11) is 0. The minimum atomic E-state index is -1.23. The Balaban J connectivity index is 1.80. The van der Waals surface area contributed by atoms with E-state index in [2.05, 4.69) is 10.3 Å². The van der Waals surface area contributed by atoms with Crippen LogP contribution in [-0.4, -0.2) is 32.9 Å². The third-order valence-electron chi connectivity index (χ3n) is 3.57. The molecule has 1 aliphatic heterocycles. The second kappa shape index (κ2) is 6.74. The number of halogens is 1. The van der Waals surface area contributed by atoms with Crippen LogP contribution in [0.2, 0.25) is 0 Å². The number of carbonyl (C=O) groups excluding carboxylic acids is 2. The van der Waals surface area contributed by atoms with Gasteiger partial charge in [0.2, 0.25) is 0 Å². The molecule has 3 rings (SSSR count). The molecule has 0 aliphatic carbocycles. The zero-order chi connectivity index (χ0) is 18.0. The van der Waals surface area contributed by atoms with Crippen LogP contribution in [0.15, 0.2) is 53.7 Å². The molecule has 1 aliphatic rings. The van der Waals surface area contributed by atoms with Crippen LogP contribution in [0.4, 0.5) is 10.6 Å². The number of carbonyl (C=O) groups is 3. The molecule has 0 bridgehead atoms. The van der Waals surface area contributed by atoms with Gasteiger partial charge in [-0.1, -0.05) is 48.0 Å². The summed E-state index contributed by atoms with van der Waals surface area (Å²) in [6, 6.07) is 11.8. The maximum atomic E-state index is 12.6. The smallest absolute Gasteiger partial charge is 0.410 e. The Labute approximate surface area is 147 Å². The number of amides is 3. The van der Waals surface area contributed by atoms with Gasteiger partial charge < -0.3 is 5.11 Å². The van der Waals surface area contributed by atoms with E-state index in [1.165, 1.54) is 12.3 Å². The van der Waals surface area contributed by atoms with Gasteiger partial charge in [-0.25, -0.2) is 9.78 Å². The third-order valence-corrected chi connectivity index (χ3v) is 3.92. The molecule has 3 amide bonds. The van der Waals surface area contributed by atoms with Crippen molar-refractivity contribution < 1.29 is 19.5 Å². The van der Waals surface area contributed by atoms with Crippen LogP contribution in [0.5, 0.6) is 0 Å².